The molecule has 3 rings (SSSR count). The summed E-state index contributed by atoms with van der Waals surface area (Å²) in [5.74, 6) is 0.953. The fraction of sp³-hybridized carbons (Fsp3) is 0.500. The second-order valence-corrected chi connectivity index (χ2v) is 21.9. The van der Waals surface area contributed by atoms with Crippen molar-refractivity contribution in [2.24, 2.45) is 0 Å². The lowest BCUT2D eigenvalue weighted by Gasteiger charge is -2.36. The van der Waals surface area contributed by atoms with Crippen molar-refractivity contribution < 1.29 is 10.2 Å². The number of phenolic OH excluding ortho intramolecular Hbond substituents is 2. The normalized spacial score (nSPS) is 11.9. The molecule has 218 valence electrons. The number of aromatic hydroxyl groups is 2. The minimum Gasteiger partial charge on any atom is -0.507 e. The molecular formula is C36H53O2PSi. The van der Waals surface area contributed by atoms with Crippen LogP contribution in [0.3, 0.4) is 0 Å². The summed E-state index contributed by atoms with van der Waals surface area (Å²) in [6.07, 6.45) is 12.8. The van der Waals surface area contributed by atoms with Gasteiger partial charge in [0.15, 0.2) is 0 Å². The summed E-state index contributed by atoms with van der Waals surface area (Å²) in [5.41, 5.74) is 4.84. The fourth-order valence-electron chi connectivity index (χ4n) is 5.70. The SMILES string of the molecule is CCCCc1cc(CCCC)c(O)c(P(c2cc(CCCC)cc(CCCC)c2O)[Si](C)(C)c2ccccc2)c1. The minimum atomic E-state index is -2.23. The van der Waals surface area contributed by atoms with Crippen molar-refractivity contribution in [2.45, 2.75) is 118 Å². The quantitative estimate of drug-likeness (QED) is 0.132. The zero-order valence-corrected chi connectivity index (χ0v) is 27.9. The number of hydrogen-bond acceptors (Lipinski definition) is 2. The summed E-state index contributed by atoms with van der Waals surface area (Å²) < 4.78 is 0. The summed E-state index contributed by atoms with van der Waals surface area (Å²) in [4.78, 5) is 0. The van der Waals surface area contributed by atoms with Gasteiger partial charge in [0, 0.05) is 10.6 Å². The van der Waals surface area contributed by atoms with Gasteiger partial charge < -0.3 is 10.2 Å². The van der Waals surface area contributed by atoms with Gasteiger partial charge in [-0.15, -0.1) is 0 Å². The topological polar surface area (TPSA) is 40.5 Å². The molecule has 2 N–H and O–H groups in total. The zero-order valence-electron chi connectivity index (χ0n) is 26.0. The summed E-state index contributed by atoms with van der Waals surface area (Å²) in [7, 11) is -3.22. The smallest absolute Gasteiger partial charge is 0.126 e. The molecule has 3 aromatic rings. The van der Waals surface area contributed by atoms with Gasteiger partial charge in [-0.2, -0.15) is 0 Å². The molecule has 40 heavy (non-hydrogen) atoms. The molecule has 0 unspecified atom stereocenters. The van der Waals surface area contributed by atoms with Crippen LogP contribution in [-0.2, 0) is 25.7 Å². The first kappa shape index (κ1) is 32.4. The first-order valence-electron chi connectivity index (χ1n) is 15.8. The van der Waals surface area contributed by atoms with E-state index in [1.54, 1.807) is 0 Å². The van der Waals surface area contributed by atoms with Crippen LogP contribution in [0.1, 0.15) is 101 Å². The Morgan fingerprint density at radius 2 is 0.975 bits per heavy atom. The van der Waals surface area contributed by atoms with E-state index < -0.39 is 15.2 Å². The highest BCUT2D eigenvalue weighted by atomic mass is 31.4. The first-order valence-corrected chi connectivity index (χ1v) is 21.0. The number of aryl methyl sites for hydroxylation is 4. The van der Waals surface area contributed by atoms with Gasteiger partial charge in [-0.25, -0.2) is 0 Å². The fourth-order valence-corrected chi connectivity index (χ4v) is 15.6. The monoisotopic (exact) mass is 576 g/mol. The number of rotatable bonds is 16. The lowest BCUT2D eigenvalue weighted by Crippen LogP contribution is -2.45. The van der Waals surface area contributed by atoms with Gasteiger partial charge in [-0.3, -0.25) is 0 Å². The highest BCUT2D eigenvalue weighted by molar-refractivity contribution is 8.06. The molecule has 0 radical (unpaired) electrons. The van der Waals surface area contributed by atoms with Crippen molar-refractivity contribution in [1.29, 1.82) is 0 Å². The van der Waals surface area contributed by atoms with Crippen LogP contribution < -0.4 is 15.8 Å². The Morgan fingerprint density at radius 3 is 1.38 bits per heavy atom. The Balaban J connectivity index is 2.35. The second-order valence-electron chi connectivity index (χ2n) is 11.9. The van der Waals surface area contributed by atoms with E-state index in [0.717, 1.165) is 98.8 Å². The molecule has 0 amide bonds. The Labute approximate surface area is 246 Å². The molecule has 0 saturated heterocycles. The molecule has 3 aromatic carbocycles. The van der Waals surface area contributed by atoms with Gasteiger partial charge in [0.2, 0.25) is 0 Å². The third-order valence-electron chi connectivity index (χ3n) is 8.22. The van der Waals surface area contributed by atoms with E-state index >= 15 is 0 Å². The van der Waals surface area contributed by atoms with Crippen molar-refractivity contribution in [3.8, 4) is 11.5 Å². The Bertz CT molecular complexity index is 1140. The minimum absolute atomic E-state index is 0.477. The molecule has 0 bridgehead atoms. The third-order valence-corrected chi connectivity index (χ3v) is 18.3. The van der Waals surface area contributed by atoms with Crippen LogP contribution in [0, 0.1) is 0 Å². The van der Waals surface area contributed by atoms with Crippen molar-refractivity contribution >= 4 is 31.0 Å². The molecule has 0 heterocycles. The van der Waals surface area contributed by atoms with Crippen molar-refractivity contribution in [3.63, 3.8) is 0 Å². The average Bonchev–Trinajstić information content (AvgIpc) is 2.96. The van der Waals surface area contributed by atoms with Crippen molar-refractivity contribution in [2.75, 3.05) is 0 Å². The van der Waals surface area contributed by atoms with E-state index in [1.165, 1.54) is 16.3 Å². The molecular weight excluding hydrogens is 523 g/mol. The second kappa shape index (κ2) is 15.8. The van der Waals surface area contributed by atoms with Crippen LogP contribution in [-0.4, -0.2) is 18.0 Å². The molecule has 0 aromatic heterocycles. The van der Waals surface area contributed by atoms with Gasteiger partial charge >= 0.3 is 0 Å². The predicted molar refractivity (Wildman–Crippen MR) is 180 cm³/mol. The lowest BCUT2D eigenvalue weighted by atomic mass is 10.0. The van der Waals surface area contributed by atoms with E-state index in [9.17, 15) is 10.2 Å². The van der Waals surface area contributed by atoms with E-state index in [0.29, 0.717) is 11.5 Å². The Hall–Kier alpha value is -2.09. The highest BCUT2D eigenvalue weighted by Crippen LogP contribution is 2.50. The molecule has 0 atom stereocenters. The van der Waals surface area contributed by atoms with Crippen molar-refractivity contribution in [1.82, 2.24) is 0 Å². The number of phenols is 2. The molecule has 0 aliphatic rings. The molecule has 0 aliphatic carbocycles. The maximum atomic E-state index is 12.0. The van der Waals surface area contributed by atoms with Gasteiger partial charge in [-0.1, -0.05) is 114 Å². The van der Waals surface area contributed by atoms with E-state index in [-0.39, 0.29) is 0 Å². The van der Waals surface area contributed by atoms with Gasteiger partial charge in [0.25, 0.3) is 0 Å². The predicted octanol–water partition coefficient (Wildman–Crippen LogP) is 9.01. The van der Waals surface area contributed by atoms with Gasteiger partial charge in [-0.05, 0) is 93.2 Å². The Kier molecular flexibility index (Phi) is 12.8. The average molecular weight is 577 g/mol. The van der Waals surface area contributed by atoms with Crippen molar-refractivity contribution in [3.05, 3.63) is 76.9 Å². The molecule has 2 nitrogen and oxygen atoms in total. The van der Waals surface area contributed by atoms with Crippen LogP contribution in [0.25, 0.3) is 0 Å². The van der Waals surface area contributed by atoms with E-state index in [1.807, 2.05) is 0 Å². The summed E-state index contributed by atoms with van der Waals surface area (Å²) >= 11 is 0. The van der Waals surface area contributed by atoms with E-state index in [2.05, 4.69) is 95.4 Å². The summed E-state index contributed by atoms with van der Waals surface area (Å²) in [6, 6.07) is 20.1. The maximum Gasteiger partial charge on any atom is 0.126 e. The largest absolute Gasteiger partial charge is 0.507 e. The number of hydrogen-bond donors (Lipinski definition) is 2. The van der Waals surface area contributed by atoms with Crippen LogP contribution in [0.4, 0.5) is 0 Å². The lowest BCUT2D eigenvalue weighted by molar-refractivity contribution is 0.470. The summed E-state index contributed by atoms with van der Waals surface area (Å²) in [5, 5.41) is 27.5. The van der Waals surface area contributed by atoms with Crippen LogP contribution >= 0.6 is 7.47 Å². The third kappa shape index (κ3) is 8.01. The summed E-state index contributed by atoms with van der Waals surface area (Å²) in [6.45, 7) is 13.8. The first-order chi connectivity index (χ1) is 19.3. The van der Waals surface area contributed by atoms with Gasteiger partial charge in [0.1, 0.15) is 19.2 Å². The van der Waals surface area contributed by atoms with Crippen LogP contribution in [0.2, 0.25) is 13.1 Å². The van der Waals surface area contributed by atoms with E-state index in [4.69, 9.17) is 0 Å². The van der Waals surface area contributed by atoms with Crippen LogP contribution in [0.15, 0.2) is 54.6 Å². The maximum absolute atomic E-state index is 12.0. The number of unbranched alkanes of at least 4 members (excludes halogenated alkanes) is 4. The molecule has 4 heteroatoms. The molecule has 0 fully saturated rings. The standard InChI is InChI=1S/C36H53O2PSi/c1-7-11-18-28-24-30(20-13-9-3)35(37)33(26-28)39(40(5,6)32-22-16-15-17-23-32)34-27-29(19-12-8-2)25-31(36(34)38)21-14-10-4/h15-17,22-27,37-38H,7-14,18-21H2,1-6H3. The van der Waals surface area contributed by atoms with Gasteiger partial charge in [0.05, 0.1) is 0 Å². The number of benzene rings is 3. The highest BCUT2D eigenvalue weighted by Gasteiger charge is 2.39. The Morgan fingerprint density at radius 1 is 0.575 bits per heavy atom. The molecule has 0 saturated carbocycles. The molecule has 0 aliphatic heterocycles. The van der Waals surface area contributed by atoms with Crippen LogP contribution in [0.5, 0.6) is 11.5 Å². The zero-order chi connectivity index (χ0) is 29.1. The molecule has 0 spiro atoms.